The van der Waals surface area contributed by atoms with Crippen molar-refractivity contribution >= 4 is 0 Å². The second-order valence-corrected chi connectivity index (χ2v) is 5.01. The number of hydrogen-bond acceptors (Lipinski definition) is 5. The third kappa shape index (κ3) is 2.09. The first-order valence-electron chi connectivity index (χ1n) is 7.09. The van der Waals surface area contributed by atoms with Crippen LogP contribution in [-0.2, 0) is 0 Å². The van der Waals surface area contributed by atoms with Crippen LogP contribution in [0, 0.1) is 11.3 Å². The van der Waals surface area contributed by atoms with Crippen molar-refractivity contribution in [2.75, 3.05) is 26.4 Å². The molecular formula is C17H13NO4. The molecule has 4 rings (SSSR count). The summed E-state index contributed by atoms with van der Waals surface area (Å²) in [6.45, 7) is 2.10. The van der Waals surface area contributed by atoms with Gasteiger partial charge in [0, 0.05) is 11.6 Å². The summed E-state index contributed by atoms with van der Waals surface area (Å²) in [5.74, 6) is 2.70. The molecule has 0 amide bonds. The summed E-state index contributed by atoms with van der Waals surface area (Å²) in [5.41, 5.74) is 2.22. The molecule has 0 radical (unpaired) electrons. The van der Waals surface area contributed by atoms with Crippen molar-refractivity contribution in [2.45, 2.75) is 0 Å². The summed E-state index contributed by atoms with van der Waals surface area (Å²) < 4.78 is 22.3. The number of rotatable bonds is 1. The Kier molecular flexibility index (Phi) is 3.01. The van der Waals surface area contributed by atoms with Gasteiger partial charge >= 0.3 is 0 Å². The van der Waals surface area contributed by atoms with Gasteiger partial charge in [0.1, 0.15) is 26.4 Å². The largest absolute Gasteiger partial charge is 0.486 e. The van der Waals surface area contributed by atoms with Crippen molar-refractivity contribution in [3.63, 3.8) is 0 Å². The Morgan fingerprint density at radius 2 is 1.32 bits per heavy atom. The first-order chi connectivity index (χ1) is 10.8. The maximum Gasteiger partial charge on any atom is 0.162 e. The Morgan fingerprint density at radius 1 is 0.727 bits per heavy atom. The molecule has 2 aliphatic heterocycles. The number of fused-ring (bicyclic) bond motifs is 2. The van der Waals surface area contributed by atoms with Gasteiger partial charge in [-0.3, -0.25) is 0 Å². The van der Waals surface area contributed by atoms with E-state index < -0.39 is 0 Å². The minimum atomic E-state index is 0.501. The van der Waals surface area contributed by atoms with Crippen LogP contribution in [0.2, 0.25) is 0 Å². The van der Waals surface area contributed by atoms with E-state index in [1.807, 2.05) is 24.3 Å². The molecule has 22 heavy (non-hydrogen) atoms. The molecule has 0 spiro atoms. The molecule has 2 aromatic carbocycles. The number of nitrogens with zero attached hydrogens (tertiary/aromatic N) is 1. The fourth-order valence-electron chi connectivity index (χ4n) is 2.63. The maximum atomic E-state index is 9.42. The smallest absolute Gasteiger partial charge is 0.162 e. The Balaban J connectivity index is 1.83. The Labute approximate surface area is 127 Å². The van der Waals surface area contributed by atoms with Crippen molar-refractivity contribution in [1.29, 1.82) is 5.26 Å². The number of hydrogen-bond donors (Lipinski definition) is 0. The van der Waals surface area contributed by atoms with Crippen LogP contribution in [-0.4, -0.2) is 26.4 Å². The number of benzene rings is 2. The third-order valence-corrected chi connectivity index (χ3v) is 3.66. The second-order valence-electron chi connectivity index (χ2n) is 5.01. The second kappa shape index (κ2) is 5.15. The normalized spacial score (nSPS) is 15.0. The van der Waals surface area contributed by atoms with E-state index in [-0.39, 0.29) is 0 Å². The highest BCUT2D eigenvalue weighted by molar-refractivity contribution is 5.76. The lowest BCUT2D eigenvalue weighted by Crippen LogP contribution is -2.16. The quantitative estimate of drug-likeness (QED) is 0.809. The fourth-order valence-corrected chi connectivity index (χ4v) is 2.63. The molecule has 0 aromatic heterocycles. The van der Waals surface area contributed by atoms with Crippen LogP contribution in [0.3, 0.4) is 0 Å². The lowest BCUT2D eigenvalue weighted by Gasteiger charge is -2.21. The van der Waals surface area contributed by atoms with E-state index >= 15 is 0 Å². The van der Waals surface area contributed by atoms with Gasteiger partial charge in [-0.15, -0.1) is 0 Å². The predicted molar refractivity (Wildman–Crippen MR) is 78.6 cm³/mol. The van der Waals surface area contributed by atoms with E-state index in [2.05, 4.69) is 6.07 Å². The van der Waals surface area contributed by atoms with Crippen molar-refractivity contribution < 1.29 is 18.9 Å². The van der Waals surface area contributed by atoms with Crippen molar-refractivity contribution in [1.82, 2.24) is 0 Å². The monoisotopic (exact) mass is 295 g/mol. The van der Waals surface area contributed by atoms with E-state index in [0.717, 1.165) is 16.9 Å². The van der Waals surface area contributed by atoms with Crippen LogP contribution in [0.1, 0.15) is 5.56 Å². The van der Waals surface area contributed by atoms with Gasteiger partial charge in [0.2, 0.25) is 0 Å². The highest BCUT2D eigenvalue weighted by atomic mass is 16.6. The Hall–Kier alpha value is -2.87. The van der Waals surface area contributed by atoms with Crippen molar-refractivity contribution in [3.05, 3.63) is 35.9 Å². The van der Waals surface area contributed by atoms with Crippen LogP contribution in [0.25, 0.3) is 11.1 Å². The molecule has 0 atom stereocenters. The molecule has 0 N–H and O–H groups in total. The number of ether oxygens (including phenoxy) is 4. The minimum Gasteiger partial charge on any atom is -0.486 e. The van der Waals surface area contributed by atoms with E-state index in [0.29, 0.717) is 49.2 Å². The lowest BCUT2D eigenvalue weighted by molar-refractivity contribution is 0.171. The molecule has 2 aliphatic rings. The molecule has 0 saturated heterocycles. The predicted octanol–water partition coefficient (Wildman–Crippen LogP) is 2.77. The van der Waals surface area contributed by atoms with Crippen LogP contribution < -0.4 is 18.9 Å². The molecule has 0 aliphatic carbocycles. The molecule has 5 nitrogen and oxygen atoms in total. The lowest BCUT2D eigenvalue weighted by atomic mass is 9.98. The molecule has 2 aromatic rings. The molecular weight excluding hydrogens is 282 g/mol. The van der Waals surface area contributed by atoms with Gasteiger partial charge in [0.15, 0.2) is 23.0 Å². The van der Waals surface area contributed by atoms with Gasteiger partial charge in [-0.25, -0.2) is 0 Å². The highest BCUT2D eigenvalue weighted by Crippen LogP contribution is 2.40. The Morgan fingerprint density at radius 3 is 2.00 bits per heavy atom. The minimum absolute atomic E-state index is 0.501. The van der Waals surface area contributed by atoms with Gasteiger partial charge in [0.25, 0.3) is 0 Å². The Bertz CT molecular complexity index is 779. The number of nitriles is 1. The highest BCUT2D eigenvalue weighted by Gasteiger charge is 2.19. The maximum absolute atomic E-state index is 9.42. The van der Waals surface area contributed by atoms with Gasteiger partial charge in [0.05, 0.1) is 11.6 Å². The summed E-state index contributed by atoms with van der Waals surface area (Å²) in [6, 6.07) is 11.5. The average molecular weight is 295 g/mol. The summed E-state index contributed by atoms with van der Waals surface area (Å²) in [5, 5.41) is 9.42. The van der Waals surface area contributed by atoms with Gasteiger partial charge in [-0.1, -0.05) is 6.07 Å². The fraction of sp³-hybridized carbons (Fsp3) is 0.235. The first kappa shape index (κ1) is 12.8. The van der Waals surface area contributed by atoms with Crippen molar-refractivity contribution in [2.24, 2.45) is 0 Å². The summed E-state index contributed by atoms with van der Waals surface area (Å²) in [7, 11) is 0. The van der Waals surface area contributed by atoms with Crippen LogP contribution >= 0.6 is 0 Å². The molecule has 110 valence electrons. The average Bonchev–Trinajstić information content (AvgIpc) is 2.60. The molecule has 5 heteroatoms. The molecule has 0 unspecified atom stereocenters. The van der Waals surface area contributed by atoms with Crippen LogP contribution in [0.15, 0.2) is 30.3 Å². The molecule has 0 saturated carbocycles. The summed E-state index contributed by atoms with van der Waals surface area (Å²) >= 11 is 0. The zero-order valence-corrected chi connectivity index (χ0v) is 11.8. The van der Waals surface area contributed by atoms with E-state index in [1.165, 1.54) is 0 Å². The summed E-state index contributed by atoms with van der Waals surface area (Å²) in [4.78, 5) is 0. The van der Waals surface area contributed by atoms with Gasteiger partial charge < -0.3 is 18.9 Å². The van der Waals surface area contributed by atoms with Crippen molar-refractivity contribution in [3.8, 4) is 40.2 Å². The van der Waals surface area contributed by atoms with E-state index in [1.54, 1.807) is 6.07 Å². The SMILES string of the molecule is N#Cc1cc2c(cc1-c1ccc3c(c1)OCCO3)OCCO2. The van der Waals surface area contributed by atoms with Crippen LogP contribution in [0.5, 0.6) is 23.0 Å². The van der Waals surface area contributed by atoms with E-state index in [9.17, 15) is 5.26 Å². The van der Waals surface area contributed by atoms with E-state index in [4.69, 9.17) is 18.9 Å². The molecule has 2 heterocycles. The zero-order valence-electron chi connectivity index (χ0n) is 11.8. The summed E-state index contributed by atoms with van der Waals surface area (Å²) in [6.07, 6.45) is 0. The molecule has 0 fully saturated rings. The van der Waals surface area contributed by atoms with Gasteiger partial charge in [-0.2, -0.15) is 5.26 Å². The zero-order chi connectivity index (χ0) is 14.9. The standard InChI is InChI=1S/C17H13NO4/c18-10-12-8-16-17(22-6-5-21-16)9-13(12)11-1-2-14-15(7-11)20-4-3-19-14/h1-2,7-9H,3-6H2. The third-order valence-electron chi connectivity index (χ3n) is 3.66. The topological polar surface area (TPSA) is 60.7 Å². The van der Waals surface area contributed by atoms with Crippen LogP contribution in [0.4, 0.5) is 0 Å². The molecule has 0 bridgehead atoms. The first-order valence-corrected chi connectivity index (χ1v) is 7.09. The van der Waals surface area contributed by atoms with Gasteiger partial charge in [-0.05, 0) is 23.8 Å².